The summed E-state index contributed by atoms with van der Waals surface area (Å²) in [5.74, 6) is 0.954. The number of phenols is 1. The Balaban J connectivity index is 1.78. The Labute approximate surface area is 142 Å². The van der Waals surface area contributed by atoms with Gasteiger partial charge in [0.15, 0.2) is 6.61 Å². The number of rotatable bonds is 7. The van der Waals surface area contributed by atoms with Crippen LogP contribution in [0, 0.1) is 0 Å². The van der Waals surface area contributed by atoms with E-state index in [2.05, 4.69) is 24.4 Å². The molecule has 2 N–H and O–H groups in total. The number of amides is 1. The van der Waals surface area contributed by atoms with Crippen molar-refractivity contribution in [3.8, 4) is 11.5 Å². The summed E-state index contributed by atoms with van der Waals surface area (Å²) in [6, 6.07) is 14.3. The number of hydrazone groups is 1. The molecule has 5 nitrogen and oxygen atoms in total. The molecule has 5 heteroatoms. The third-order valence-electron chi connectivity index (χ3n) is 3.70. The number of aromatic hydroxyl groups is 1. The van der Waals surface area contributed by atoms with Crippen molar-refractivity contribution in [1.82, 2.24) is 5.43 Å². The Kier molecular flexibility index (Phi) is 6.37. The number of benzene rings is 2. The second-order valence-electron chi connectivity index (χ2n) is 5.56. The van der Waals surface area contributed by atoms with E-state index in [1.807, 2.05) is 24.3 Å². The molecule has 0 aromatic heterocycles. The third kappa shape index (κ3) is 5.43. The molecule has 1 atom stereocenters. The van der Waals surface area contributed by atoms with Gasteiger partial charge in [0, 0.05) is 0 Å². The zero-order valence-corrected chi connectivity index (χ0v) is 13.9. The molecule has 24 heavy (non-hydrogen) atoms. The first-order valence-electron chi connectivity index (χ1n) is 7.92. The average Bonchev–Trinajstić information content (AvgIpc) is 2.60. The normalized spacial score (nSPS) is 12.1. The van der Waals surface area contributed by atoms with E-state index in [1.165, 1.54) is 11.8 Å². The molecule has 0 saturated carbocycles. The van der Waals surface area contributed by atoms with Gasteiger partial charge < -0.3 is 9.84 Å². The zero-order chi connectivity index (χ0) is 17.4. The molecule has 0 radical (unpaired) electrons. The van der Waals surface area contributed by atoms with Crippen molar-refractivity contribution in [3.05, 3.63) is 59.7 Å². The van der Waals surface area contributed by atoms with Crippen LogP contribution < -0.4 is 10.2 Å². The number of nitrogens with one attached hydrogen (secondary N) is 1. The largest absolute Gasteiger partial charge is 0.508 e. The molecule has 1 amide bonds. The number of nitrogens with zero attached hydrogens (tertiary/aromatic N) is 1. The molecule has 0 unspecified atom stereocenters. The predicted molar refractivity (Wildman–Crippen MR) is 94.5 cm³/mol. The third-order valence-corrected chi connectivity index (χ3v) is 3.70. The number of phenolic OH excluding ortho intramolecular Hbond substituents is 1. The van der Waals surface area contributed by atoms with Gasteiger partial charge in [0.2, 0.25) is 0 Å². The molecule has 0 fully saturated rings. The fourth-order valence-electron chi connectivity index (χ4n) is 2.09. The van der Waals surface area contributed by atoms with Gasteiger partial charge in [-0.25, -0.2) is 5.43 Å². The molecule has 0 heterocycles. The number of carbonyl (C=O) groups excluding carboxylic acids is 1. The van der Waals surface area contributed by atoms with E-state index in [9.17, 15) is 9.90 Å². The van der Waals surface area contributed by atoms with Gasteiger partial charge in [0.1, 0.15) is 11.5 Å². The molecule has 2 rings (SSSR count). The van der Waals surface area contributed by atoms with Gasteiger partial charge in [-0.05, 0) is 47.7 Å². The van der Waals surface area contributed by atoms with Crippen molar-refractivity contribution >= 4 is 12.1 Å². The van der Waals surface area contributed by atoms with Crippen LogP contribution in [-0.4, -0.2) is 23.8 Å². The van der Waals surface area contributed by atoms with Crippen molar-refractivity contribution in [2.45, 2.75) is 26.2 Å². The molecule has 0 aliphatic heterocycles. The van der Waals surface area contributed by atoms with Crippen LogP contribution in [0.15, 0.2) is 53.6 Å². The Hall–Kier alpha value is -2.82. The summed E-state index contributed by atoms with van der Waals surface area (Å²) in [7, 11) is 0. The lowest BCUT2D eigenvalue weighted by Gasteiger charge is -2.10. The van der Waals surface area contributed by atoms with Gasteiger partial charge in [-0.1, -0.05) is 38.1 Å². The smallest absolute Gasteiger partial charge is 0.277 e. The first kappa shape index (κ1) is 17.5. The number of hydrogen-bond acceptors (Lipinski definition) is 4. The number of carbonyl (C=O) groups is 1. The highest BCUT2D eigenvalue weighted by atomic mass is 16.5. The van der Waals surface area contributed by atoms with E-state index in [1.54, 1.807) is 24.3 Å². The molecule has 0 aliphatic carbocycles. The number of ether oxygens (including phenoxy) is 1. The lowest BCUT2D eigenvalue weighted by Crippen LogP contribution is -2.24. The SMILES string of the molecule is CC[C@H](C)c1ccc(OCC(=O)N/N=C\c2cccc(O)c2)cc1. The summed E-state index contributed by atoms with van der Waals surface area (Å²) in [4.78, 5) is 11.7. The molecule has 0 bridgehead atoms. The van der Waals surface area contributed by atoms with Crippen LogP contribution in [0.5, 0.6) is 11.5 Å². The van der Waals surface area contributed by atoms with Crippen LogP contribution >= 0.6 is 0 Å². The molecule has 2 aromatic rings. The molecule has 0 aliphatic rings. The van der Waals surface area contributed by atoms with E-state index in [-0.39, 0.29) is 18.3 Å². The maximum Gasteiger partial charge on any atom is 0.277 e. The average molecular weight is 326 g/mol. The Morgan fingerprint density at radius 1 is 1.29 bits per heavy atom. The summed E-state index contributed by atoms with van der Waals surface area (Å²) in [5.41, 5.74) is 4.33. The first-order chi connectivity index (χ1) is 11.6. The molecular formula is C19H22N2O3. The minimum atomic E-state index is -0.350. The summed E-state index contributed by atoms with van der Waals surface area (Å²) < 4.78 is 5.43. The van der Waals surface area contributed by atoms with Crippen molar-refractivity contribution in [1.29, 1.82) is 0 Å². The van der Waals surface area contributed by atoms with Crippen molar-refractivity contribution in [2.24, 2.45) is 5.10 Å². The highest BCUT2D eigenvalue weighted by molar-refractivity contribution is 5.83. The Bertz CT molecular complexity index is 696. The van der Waals surface area contributed by atoms with Crippen LogP contribution in [0.3, 0.4) is 0 Å². The standard InChI is InChI=1S/C19H22N2O3/c1-3-14(2)16-7-9-18(10-8-16)24-13-19(23)21-20-12-15-5-4-6-17(22)11-15/h4-12,14,22H,3,13H2,1-2H3,(H,21,23)/b20-12-/t14-/m0/s1. The molecule has 126 valence electrons. The summed E-state index contributed by atoms with van der Waals surface area (Å²) >= 11 is 0. The van der Waals surface area contributed by atoms with E-state index in [0.717, 1.165) is 6.42 Å². The summed E-state index contributed by atoms with van der Waals surface area (Å²) in [6.07, 6.45) is 2.54. The Morgan fingerprint density at radius 2 is 2.04 bits per heavy atom. The Morgan fingerprint density at radius 3 is 2.71 bits per heavy atom. The van der Waals surface area contributed by atoms with E-state index < -0.39 is 0 Å². The van der Waals surface area contributed by atoms with Crippen molar-refractivity contribution in [3.63, 3.8) is 0 Å². The van der Waals surface area contributed by atoms with E-state index in [4.69, 9.17) is 4.74 Å². The summed E-state index contributed by atoms with van der Waals surface area (Å²) in [5, 5.41) is 13.2. The highest BCUT2D eigenvalue weighted by Crippen LogP contribution is 2.21. The van der Waals surface area contributed by atoms with Gasteiger partial charge in [-0.3, -0.25) is 4.79 Å². The van der Waals surface area contributed by atoms with Gasteiger partial charge in [0.05, 0.1) is 6.21 Å². The lowest BCUT2D eigenvalue weighted by molar-refractivity contribution is -0.123. The van der Waals surface area contributed by atoms with Crippen LogP contribution in [-0.2, 0) is 4.79 Å². The topological polar surface area (TPSA) is 70.9 Å². The molecule has 0 saturated heterocycles. The van der Waals surface area contributed by atoms with E-state index >= 15 is 0 Å². The fourth-order valence-corrected chi connectivity index (χ4v) is 2.09. The van der Waals surface area contributed by atoms with E-state index in [0.29, 0.717) is 17.2 Å². The maximum absolute atomic E-state index is 11.7. The fraction of sp³-hybridized carbons (Fsp3) is 0.263. The first-order valence-corrected chi connectivity index (χ1v) is 7.92. The van der Waals surface area contributed by atoms with Gasteiger partial charge in [-0.2, -0.15) is 5.10 Å². The second kappa shape index (κ2) is 8.72. The highest BCUT2D eigenvalue weighted by Gasteiger charge is 2.04. The van der Waals surface area contributed by atoms with Crippen LogP contribution in [0.2, 0.25) is 0 Å². The molecule has 0 spiro atoms. The minimum Gasteiger partial charge on any atom is -0.508 e. The monoisotopic (exact) mass is 326 g/mol. The van der Waals surface area contributed by atoms with Crippen molar-refractivity contribution in [2.75, 3.05) is 6.61 Å². The molecule has 2 aromatic carbocycles. The lowest BCUT2D eigenvalue weighted by atomic mass is 9.99. The van der Waals surface area contributed by atoms with Crippen LogP contribution in [0.4, 0.5) is 0 Å². The zero-order valence-electron chi connectivity index (χ0n) is 13.9. The predicted octanol–water partition coefficient (Wildman–Crippen LogP) is 3.43. The minimum absolute atomic E-state index is 0.111. The summed E-state index contributed by atoms with van der Waals surface area (Å²) in [6.45, 7) is 4.21. The quantitative estimate of drug-likeness (QED) is 0.605. The second-order valence-corrected chi connectivity index (χ2v) is 5.56. The van der Waals surface area contributed by atoms with Gasteiger partial charge >= 0.3 is 0 Å². The number of hydrogen-bond donors (Lipinski definition) is 2. The molecular weight excluding hydrogens is 304 g/mol. The van der Waals surface area contributed by atoms with Crippen LogP contribution in [0.25, 0.3) is 0 Å². The van der Waals surface area contributed by atoms with Gasteiger partial charge in [-0.15, -0.1) is 0 Å². The van der Waals surface area contributed by atoms with Gasteiger partial charge in [0.25, 0.3) is 5.91 Å². The van der Waals surface area contributed by atoms with Crippen molar-refractivity contribution < 1.29 is 14.6 Å². The van der Waals surface area contributed by atoms with Crippen LogP contribution in [0.1, 0.15) is 37.3 Å². The maximum atomic E-state index is 11.7.